The fourth-order valence-electron chi connectivity index (χ4n) is 3.71. The molecule has 264 valence electrons. The Balaban J connectivity index is -0.000000571. The summed E-state index contributed by atoms with van der Waals surface area (Å²) in [5.41, 5.74) is -2.68. The molecule has 0 radical (unpaired) electrons. The number of rotatable bonds is 12. The van der Waals surface area contributed by atoms with E-state index in [-0.39, 0.29) is 36.5 Å². The number of carbonyl (C=O) groups excluding carboxylic acids is 2. The van der Waals surface area contributed by atoms with E-state index < -0.39 is 22.2 Å². The van der Waals surface area contributed by atoms with E-state index in [1.807, 2.05) is 34.6 Å². The molecule has 2 N–H and O–H groups in total. The van der Waals surface area contributed by atoms with E-state index in [4.69, 9.17) is 24.1 Å². The number of carboxylic acid groups (broad SMARTS) is 1. The zero-order chi connectivity index (χ0) is 35.5. The number of hydrogen-bond donors (Lipinski definition) is 2. The van der Waals surface area contributed by atoms with Crippen molar-refractivity contribution in [3.8, 4) is 0 Å². The van der Waals surface area contributed by atoms with E-state index in [0.29, 0.717) is 12.2 Å². The third kappa shape index (κ3) is 17.7. The molecule has 0 aromatic heterocycles. The molecule has 1 aliphatic rings. The normalized spacial score (nSPS) is 20.5. The van der Waals surface area contributed by atoms with E-state index in [9.17, 15) is 19.5 Å². The van der Waals surface area contributed by atoms with Crippen LogP contribution in [0.2, 0.25) is 0 Å². The Morgan fingerprint density at radius 1 is 0.818 bits per heavy atom. The van der Waals surface area contributed by atoms with Crippen molar-refractivity contribution in [2.24, 2.45) is 16.2 Å². The van der Waals surface area contributed by atoms with Crippen molar-refractivity contribution in [3.05, 3.63) is 0 Å². The van der Waals surface area contributed by atoms with Crippen LogP contribution < -0.4 is 0 Å². The summed E-state index contributed by atoms with van der Waals surface area (Å²) in [4.78, 5) is 34.0. The lowest BCUT2D eigenvalue weighted by Gasteiger charge is -2.48. The van der Waals surface area contributed by atoms with Gasteiger partial charge in [0.1, 0.15) is 0 Å². The van der Waals surface area contributed by atoms with Crippen LogP contribution in [0.5, 0.6) is 0 Å². The second kappa shape index (κ2) is 22.7. The van der Waals surface area contributed by atoms with Crippen LogP contribution in [0.1, 0.15) is 156 Å². The Labute approximate surface area is 270 Å². The van der Waals surface area contributed by atoms with Crippen molar-refractivity contribution in [1.82, 2.24) is 0 Å². The van der Waals surface area contributed by atoms with Gasteiger partial charge in [-0.25, -0.2) is 0 Å². The number of ether oxygens (including phenoxy) is 4. The summed E-state index contributed by atoms with van der Waals surface area (Å²) >= 11 is 0. The second-order valence-electron chi connectivity index (χ2n) is 13.5. The van der Waals surface area contributed by atoms with Crippen LogP contribution in [0, 0.1) is 16.2 Å². The molecule has 6 unspecified atom stereocenters. The third-order valence-electron chi connectivity index (χ3n) is 8.89. The average molecular weight is 635 g/mol. The first-order valence-electron chi connectivity index (χ1n) is 16.6. The van der Waals surface area contributed by atoms with Crippen LogP contribution in [0.25, 0.3) is 0 Å². The molecule has 1 heterocycles. The SMILES string of the molecule is CCC(C)O.CCC(C)OC(=O)C(C)(C)C(C)(C)C(C)(C)C(=O)O.CCC(C)OC(C)=O.CCCC1OC(C)CC(CC)O1. The Morgan fingerprint density at radius 2 is 1.27 bits per heavy atom. The van der Waals surface area contributed by atoms with Crippen molar-refractivity contribution in [2.45, 2.75) is 193 Å². The van der Waals surface area contributed by atoms with Crippen molar-refractivity contribution in [2.75, 3.05) is 0 Å². The van der Waals surface area contributed by atoms with Gasteiger partial charge < -0.3 is 29.2 Å². The molecule has 0 aromatic rings. The number of esters is 2. The van der Waals surface area contributed by atoms with Gasteiger partial charge in [0, 0.05) is 6.92 Å². The largest absolute Gasteiger partial charge is 0.481 e. The minimum Gasteiger partial charge on any atom is -0.481 e. The number of aliphatic hydroxyl groups is 1. The fraction of sp³-hybridized carbons (Fsp3) is 0.914. The summed E-state index contributed by atoms with van der Waals surface area (Å²) in [6.07, 6.45) is 7.47. The molecule has 44 heavy (non-hydrogen) atoms. The number of aliphatic carboxylic acids is 1. The standard InChI is InChI=1S/C15H28O4.C10H20O2.C6H12O2.C4H10O/c1-9-10(2)19-12(18)14(5,6)15(7,8)13(3,4)11(16)17;1-4-6-10-11-8(3)7-9(5-2)12-10;1-4-5(2)8-6(3)7;1-3-4(2)5/h10H,9H2,1-8H3,(H,16,17);8-10H,4-7H2,1-3H3;5H,4H2,1-3H3;4-5H,3H2,1-2H3. The van der Waals surface area contributed by atoms with Crippen molar-refractivity contribution < 1.29 is 43.5 Å². The van der Waals surface area contributed by atoms with E-state index in [1.54, 1.807) is 48.5 Å². The molecule has 0 amide bonds. The molecule has 1 saturated heterocycles. The van der Waals surface area contributed by atoms with E-state index in [2.05, 4.69) is 20.8 Å². The lowest BCUT2D eigenvalue weighted by molar-refractivity contribution is -0.240. The summed E-state index contributed by atoms with van der Waals surface area (Å²) in [7, 11) is 0. The molecule has 1 fully saturated rings. The van der Waals surface area contributed by atoms with Gasteiger partial charge in [0.15, 0.2) is 6.29 Å². The molecule has 0 aliphatic carbocycles. The summed E-state index contributed by atoms with van der Waals surface area (Å²) in [6, 6.07) is 0. The zero-order valence-electron chi connectivity index (χ0n) is 31.2. The maximum atomic E-state index is 12.3. The number of carboxylic acids is 1. The van der Waals surface area contributed by atoms with Crippen LogP contribution >= 0.6 is 0 Å². The van der Waals surface area contributed by atoms with Gasteiger partial charge in [0.2, 0.25) is 0 Å². The quantitative estimate of drug-likeness (QED) is 0.204. The van der Waals surface area contributed by atoms with Gasteiger partial charge in [0.05, 0.1) is 41.3 Å². The van der Waals surface area contributed by atoms with Crippen LogP contribution in [-0.2, 0) is 33.3 Å². The Morgan fingerprint density at radius 3 is 1.59 bits per heavy atom. The fourth-order valence-corrected chi connectivity index (χ4v) is 3.71. The first-order valence-corrected chi connectivity index (χ1v) is 16.6. The van der Waals surface area contributed by atoms with Crippen LogP contribution in [0.3, 0.4) is 0 Å². The minimum atomic E-state index is -1.04. The topological polar surface area (TPSA) is 129 Å². The van der Waals surface area contributed by atoms with Gasteiger partial charge in [-0.3, -0.25) is 14.4 Å². The third-order valence-corrected chi connectivity index (χ3v) is 8.89. The molecule has 6 atom stereocenters. The molecule has 1 aliphatic heterocycles. The van der Waals surface area contributed by atoms with Gasteiger partial charge in [-0.1, -0.05) is 54.9 Å². The predicted molar refractivity (Wildman–Crippen MR) is 177 cm³/mol. The minimum absolute atomic E-state index is 0.0590. The van der Waals surface area contributed by atoms with Crippen LogP contribution in [-0.4, -0.2) is 64.9 Å². The molecule has 0 saturated carbocycles. The summed E-state index contributed by atoms with van der Waals surface area (Å²) in [5.74, 6) is -1.46. The van der Waals surface area contributed by atoms with Gasteiger partial charge >= 0.3 is 17.9 Å². The smallest absolute Gasteiger partial charge is 0.312 e. The highest BCUT2D eigenvalue weighted by Gasteiger charge is 2.56. The lowest BCUT2D eigenvalue weighted by atomic mass is 9.55. The number of carbonyl (C=O) groups is 3. The second-order valence-corrected chi connectivity index (χ2v) is 13.5. The van der Waals surface area contributed by atoms with E-state index >= 15 is 0 Å². The Kier molecular flexibility index (Phi) is 24.1. The van der Waals surface area contributed by atoms with Gasteiger partial charge in [-0.15, -0.1) is 0 Å². The molecule has 1 rings (SSSR count). The van der Waals surface area contributed by atoms with Crippen molar-refractivity contribution >= 4 is 17.9 Å². The molecule has 0 bridgehead atoms. The first kappa shape index (κ1) is 46.7. The maximum Gasteiger partial charge on any atom is 0.312 e. The molecular formula is C35H70O9. The average Bonchev–Trinajstić information content (AvgIpc) is 2.92. The molecule has 9 nitrogen and oxygen atoms in total. The number of aliphatic hydroxyl groups excluding tert-OH is 1. The van der Waals surface area contributed by atoms with Crippen LogP contribution in [0.15, 0.2) is 0 Å². The highest BCUT2D eigenvalue weighted by Crippen LogP contribution is 2.52. The summed E-state index contributed by atoms with van der Waals surface area (Å²) in [6.45, 7) is 29.7. The molecule has 9 heteroatoms. The van der Waals surface area contributed by atoms with Crippen molar-refractivity contribution in [3.63, 3.8) is 0 Å². The Bertz CT molecular complexity index is 789. The highest BCUT2D eigenvalue weighted by molar-refractivity contribution is 5.81. The van der Waals surface area contributed by atoms with Crippen LogP contribution in [0.4, 0.5) is 0 Å². The van der Waals surface area contributed by atoms with Crippen molar-refractivity contribution in [1.29, 1.82) is 0 Å². The highest BCUT2D eigenvalue weighted by atomic mass is 16.7. The number of hydrogen-bond acceptors (Lipinski definition) is 8. The Hall–Kier alpha value is -1.71. The summed E-state index contributed by atoms with van der Waals surface area (Å²) in [5, 5.41) is 17.8. The van der Waals surface area contributed by atoms with Gasteiger partial charge in [-0.05, 0) is 99.3 Å². The molecule has 0 spiro atoms. The maximum absolute atomic E-state index is 12.3. The van der Waals surface area contributed by atoms with Gasteiger partial charge in [-0.2, -0.15) is 0 Å². The van der Waals surface area contributed by atoms with E-state index in [0.717, 1.165) is 44.9 Å². The van der Waals surface area contributed by atoms with Gasteiger partial charge in [0.25, 0.3) is 0 Å². The zero-order valence-corrected chi connectivity index (χ0v) is 31.2. The summed E-state index contributed by atoms with van der Waals surface area (Å²) < 4.78 is 21.5. The molecule has 0 aromatic carbocycles. The monoisotopic (exact) mass is 635 g/mol. The van der Waals surface area contributed by atoms with E-state index in [1.165, 1.54) is 6.92 Å². The lowest BCUT2D eigenvalue weighted by Crippen LogP contribution is -2.52. The molecular weight excluding hydrogens is 564 g/mol. The predicted octanol–water partition coefficient (Wildman–Crippen LogP) is 8.33. The first-order chi connectivity index (χ1) is 20.0.